The summed E-state index contributed by atoms with van der Waals surface area (Å²) in [5.41, 5.74) is 0.344. The zero-order valence-corrected chi connectivity index (χ0v) is 12.3. The molecule has 0 aromatic heterocycles. The number of para-hydroxylation sites is 1. The van der Waals surface area contributed by atoms with E-state index in [-0.39, 0.29) is 6.61 Å². The summed E-state index contributed by atoms with van der Waals surface area (Å²) in [6.07, 6.45) is 1.00. The topological polar surface area (TPSA) is 80.8 Å². The van der Waals surface area contributed by atoms with Crippen LogP contribution >= 0.6 is 0 Å². The maximum absolute atomic E-state index is 12.4. The van der Waals surface area contributed by atoms with Crippen molar-refractivity contribution in [2.45, 2.75) is 26.2 Å². The number of unbranched alkanes of at least 4 members (excludes halogenated alkanes) is 1. The third-order valence-electron chi connectivity index (χ3n) is 3.36. The van der Waals surface area contributed by atoms with E-state index in [4.69, 9.17) is 4.74 Å². The molecule has 1 aromatic rings. The van der Waals surface area contributed by atoms with Crippen LogP contribution in [0.4, 0.5) is 5.69 Å². The molecule has 6 nitrogen and oxygen atoms in total. The molecule has 1 aliphatic heterocycles. The highest BCUT2D eigenvalue weighted by Crippen LogP contribution is 2.24. The molecule has 1 fully saturated rings. The summed E-state index contributed by atoms with van der Waals surface area (Å²) in [6.45, 7) is 2.09. The number of esters is 1. The van der Waals surface area contributed by atoms with E-state index in [0.29, 0.717) is 12.1 Å². The number of ketones is 1. The van der Waals surface area contributed by atoms with Gasteiger partial charge in [0.05, 0.1) is 18.7 Å². The second-order valence-electron chi connectivity index (χ2n) is 5.00. The van der Waals surface area contributed by atoms with Crippen LogP contribution < -0.4 is 4.90 Å². The van der Waals surface area contributed by atoms with E-state index in [1.54, 1.807) is 30.3 Å². The molecule has 1 atom stereocenters. The van der Waals surface area contributed by atoms with E-state index >= 15 is 0 Å². The number of rotatable bonds is 5. The fourth-order valence-electron chi connectivity index (χ4n) is 2.20. The highest BCUT2D eigenvalue weighted by atomic mass is 16.5. The van der Waals surface area contributed by atoms with Crippen molar-refractivity contribution in [2.24, 2.45) is 5.92 Å². The first-order valence-corrected chi connectivity index (χ1v) is 7.17. The van der Waals surface area contributed by atoms with E-state index < -0.39 is 35.9 Å². The molecule has 2 amide bonds. The molecule has 0 spiro atoms. The molecular formula is C16H17NO5. The molecule has 1 aromatic carbocycles. The largest absolute Gasteiger partial charge is 0.465 e. The van der Waals surface area contributed by atoms with Gasteiger partial charge in [0.25, 0.3) is 5.91 Å². The summed E-state index contributed by atoms with van der Waals surface area (Å²) in [4.78, 5) is 49.1. The van der Waals surface area contributed by atoms with Crippen molar-refractivity contribution < 1.29 is 23.9 Å². The molecule has 0 bridgehead atoms. The Morgan fingerprint density at radius 1 is 1.23 bits per heavy atom. The van der Waals surface area contributed by atoms with E-state index in [9.17, 15) is 19.2 Å². The van der Waals surface area contributed by atoms with Gasteiger partial charge in [-0.1, -0.05) is 31.5 Å². The highest BCUT2D eigenvalue weighted by Gasteiger charge is 2.46. The van der Waals surface area contributed by atoms with Crippen molar-refractivity contribution in [3.05, 3.63) is 30.3 Å². The van der Waals surface area contributed by atoms with Crippen LogP contribution in [0, 0.1) is 5.92 Å². The number of ether oxygens (including phenoxy) is 1. The molecule has 0 N–H and O–H groups in total. The Balaban J connectivity index is 2.21. The Kier molecular flexibility index (Phi) is 5.04. The van der Waals surface area contributed by atoms with Crippen molar-refractivity contribution in [2.75, 3.05) is 11.5 Å². The zero-order valence-electron chi connectivity index (χ0n) is 12.3. The summed E-state index contributed by atoms with van der Waals surface area (Å²) in [6, 6.07) is 8.22. The van der Waals surface area contributed by atoms with E-state index in [1.165, 1.54) is 0 Å². The summed E-state index contributed by atoms with van der Waals surface area (Å²) in [5.74, 6) is -4.59. The molecular weight excluding hydrogens is 286 g/mol. The van der Waals surface area contributed by atoms with Crippen LogP contribution in [0.1, 0.15) is 26.2 Å². The van der Waals surface area contributed by atoms with Gasteiger partial charge in [-0.25, -0.2) is 4.90 Å². The van der Waals surface area contributed by atoms with Crippen molar-refractivity contribution in [1.29, 1.82) is 0 Å². The summed E-state index contributed by atoms with van der Waals surface area (Å²) in [5, 5.41) is 0. The minimum absolute atomic E-state index is 0.158. The number of Topliss-reactive ketones (excluding diaryl/α,β-unsaturated/α-hetero) is 1. The van der Waals surface area contributed by atoms with Crippen LogP contribution in [0.3, 0.4) is 0 Å². The number of piperidine rings is 1. The molecule has 22 heavy (non-hydrogen) atoms. The summed E-state index contributed by atoms with van der Waals surface area (Å²) < 4.78 is 4.96. The van der Waals surface area contributed by atoms with Crippen LogP contribution in [0.2, 0.25) is 0 Å². The number of anilines is 1. The van der Waals surface area contributed by atoms with Crippen molar-refractivity contribution >= 4 is 29.3 Å². The number of carbonyl (C=O) groups excluding carboxylic acids is 4. The highest BCUT2D eigenvalue weighted by molar-refractivity contribution is 6.35. The molecule has 0 saturated carbocycles. The number of benzene rings is 1. The second-order valence-corrected chi connectivity index (χ2v) is 5.00. The summed E-state index contributed by atoms with van der Waals surface area (Å²) in [7, 11) is 0. The lowest BCUT2D eigenvalue weighted by molar-refractivity contribution is -0.157. The van der Waals surface area contributed by atoms with Gasteiger partial charge in [0.1, 0.15) is 0 Å². The van der Waals surface area contributed by atoms with Gasteiger partial charge in [0, 0.05) is 0 Å². The van der Waals surface area contributed by atoms with Crippen LogP contribution in [0.5, 0.6) is 0 Å². The first-order chi connectivity index (χ1) is 10.6. The minimum atomic E-state index is -1.55. The molecule has 0 radical (unpaired) electrons. The predicted molar refractivity (Wildman–Crippen MR) is 77.9 cm³/mol. The lowest BCUT2D eigenvalue weighted by Gasteiger charge is -2.28. The van der Waals surface area contributed by atoms with Gasteiger partial charge >= 0.3 is 5.97 Å². The molecule has 1 aliphatic rings. The van der Waals surface area contributed by atoms with E-state index in [1.807, 2.05) is 6.92 Å². The standard InChI is InChI=1S/C16H17NO5/c1-2-3-9-22-16(21)14-12(18)10-13(19)17(15(14)20)11-7-5-4-6-8-11/h4-8,14H,2-3,9-10H2,1H3. The van der Waals surface area contributed by atoms with Crippen LogP contribution in [0.15, 0.2) is 30.3 Å². The number of amides is 2. The van der Waals surface area contributed by atoms with Crippen LogP contribution in [0.25, 0.3) is 0 Å². The Hall–Kier alpha value is -2.50. The average molecular weight is 303 g/mol. The molecule has 2 rings (SSSR count). The summed E-state index contributed by atoms with van der Waals surface area (Å²) >= 11 is 0. The lowest BCUT2D eigenvalue weighted by Crippen LogP contribution is -2.52. The van der Waals surface area contributed by atoms with Gasteiger partial charge in [-0.3, -0.25) is 19.2 Å². The minimum Gasteiger partial charge on any atom is -0.465 e. The Morgan fingerprint density at radius 2 is 1.91 bits per heavy atom. The monoisotopic (exact) mass is 303 g/mol. The molecule has 1 unspecified atom stereocenters. The number of hydrogen-bond acceptors (Lipinski definition) is 5. The maximum atomic E-state index is 12.4. The Morgan fingerprint density at radius 3 is 2.55 bits per heavy atom. The maximum Gasteiger partial charge on any atom is 0.326 e. The zero-order chi connectivity index (χ0) is 16.1. The first kappa shape index (κ1) is 15.9. The van der Waals surface area contributed by atoms with E-state index in [2.05, 4.69) is 0 Å². The number of nitrogens with zero attached hydrogens (tertiary/aromatic N) is 1. The van der Waals surface area contributed by atoms with Gasteiger partial charge in [-0.05, 0) is 18.6 Å². The number of carbonyl (C=O) groups is 4. The number of hydrogen-bond donors (Lipinski definition) is 0. The van der Waals surface area contributed by atoms with Gasteiger partial charge in [-0.15, -0.1) is 0 Å². The quantitative estimate of drug-likeness (QED) is 0.356. The fraction of sp³-hybridized carbons (Fsp3) is 0.375. The molecule has 0 aliphatic carbocycles. The van der Waals surface area contributed by atoms with Crippen molar-refractivity contribution in [1.82, 2.24) is 0 Å². The molecule has 116 valence electrons. The van der Waals surface area contributed by atoms with Gasteiger partial charge in [0.15, 0.2) is 11.7 Å². The molecule has 1 heterocycles. The first-order valence-electron chi connectivity index (χ1n) is 7.17. The number of imide groups is 1. The smallest absolute Gasteiger partial charge is 0.326 e. The van der Waals surface area contributed by atoms with Gasteiger partial charge < -0.3 is 4.74 Å². The fourth-order valence-corrected chi connectivity index (χ4v) is 2.20. The normalized spacial score (nSPS) is 18.5. The lowest BCUT2D eigenvalue weighted by atomic mass is 9.94. The van der Waals surface area contributed by atoms with Gasteiger partial charge in [0.2, 0.25) is 5.91 Å². The van der Waals surface area contributed by atoms with Crippen molar-refractivity contribution in [3.8, 4) is 0 Å². The van der Waals surface area contributed by atoms with Crippen LogP contribution in [-0.4, -0.2) is 30.2 Å². The molecule has 6 heteroatoms. The van der Waals surface area contributed by atoms with Gasteiger partial charge in [-0.2, -0.15) is 0 Å². The third-order valence-corrected chi connectivity index (χ3v) is 3.36. The Bertz CT molecular complexity index is 596. The predicted octanol–water partition coefficient (Wildman–Crippen LogP) is 1.48. The molecule has 1 saturated heterocycles. The Labute approximate surface area is 128 Å². The second kappa shape index (κ2) is 6.98. The van der Waals surface area contributed by atoms with Crippen molar-refractivity contribution in [3.63, 3.8) is 0 Å². The third kappa shape index (κ3) is 3.21. The average Bonchev–Trinajstić information content (AvgIpc) is 2.48. The van der Waals surface area contributed by atoms with E-state index in [0.717, 1.165) is 11.3 Å². The van der Waals surface area contributed by atoms with Crippen LogP contribution in [-0.2, 0) is 23.9 Å². The SMILES string of the molecule is CCCCOC(=O)C1C(=O)CC(=O)N(c2ccccc2)C1=O.